The molecule has 0 bridgehead atoms. The maximum atomic E-state index is 13.4. The van der Waals surface area contributed by atoms with E-state index in [1.165, 1.54) is 11.1 Å². The molecule has 162 valence electrons. The zero-order valence-corrected chi connectivity index (χ0v) is 20.8. The van der Waals surface area contributed by atoms with Crippen molar-refractivity contribution in [2.75, 3.05) is 0 Å². The first-order valence-electron chi connectivity index (χ1n) is 10.6. The minimum atomic E-state index is -0.137. The lowest BCUT2D eigenvalue weighted by molar-refractivity contribution is 0.241. The number of fused-ring (bicyclic) bond motifs is 1. The Labute approximate surface area is 198 Å². The maximum absolute atomic E-state index is 13.4. The summed E-state index contributed by atoms with van der Waals surface area (Å²) in [5.74, 6) is 1.79. The summed E-state index contributed by atoms with van der Waals surface area (Å²) in [6.45, 7) is 3.98. The largest absolute Gasteiger partial charge is 0.490 e. The highest BCUT2D eigenvalue weighted by Gasteiger charge is 2.22. The lowest BCUT2D eigenvalue weighted by atomic mass is 9.88. The van der Waals surface area contributed by atoms with Crippen molar-refractivity contribution >= 4 is 49.0 Å². The molecule has 3 aromatic rings. The SMILES string of the molecule is CC(C)Oc1ccc(C=Nn2c(C3CCCCC3)nc3ccc(Br)cc3c2=O)cc1Br. The van der Waals surface area contributed by atoms with Crippen molar-refractivity contribution in [3.05, 3.63) is 67.1 Å². The van der Waals surface area contributed by atoms with Gasteiger partial charge in [-0.15, -0.1) is 0 Å². The third-order valence-corrected chi connectivity index (χ3v) is 6.56. The number of ether oxygens (including phenoxy) is 1. The molecule has 0 saturated heterocycles. The predicted molar refractivity (Wildman–Crippen MR) is 132 cm³/mol. The van der Waals surface area contributed by atoms with Gasteiger partial charge in [-0.2, -0.15) is 9.78 Å². The highest BCUT2D eigenvalue weighted by molar-refractivity contribution is 9.10. The Bertz CT molecular complexity index is 1180. The van der Waals surface area contributed by atoms with Crippen LogP contribution < -0.4 is 10.3 Å². The molecular formula is C24H25Br2N3O2. The molecule has 5 nitrogen and oxygen atoms in total. The standard InChI is InChI=1S/C24H25Br2N3O2/c1-15(2)31-22-11-8-16(12-20(22)26)14-27-29-23(17-6-4-3-5-7-17)28-21-10-9-18(25)13-19(21)24(29)30/h8-15,17H,3-7H2,1-2H3. The Morgan fingerprint density at radius 3 is 2.61 bits per heavy atom. The number of nitrogens with zero attached hydrogens (tertiary/aromatic N) is 3. The third kappa shape index (κ3) is 5.09. The van der Waals surface area contributed by atoms with E-state index in [9.17, 15) is 4.79 Å². The van der Waals surface area contributed by atoms with E-state index < -0.39 is 0 Å². The zero-order valence-electron chi connectivity index (χ0n) is 17.6. The molecule has 0 amide bonds. The summed E-state index contributed by atoms with van der Waals surface area (Å²) < 4.78 is 8.98. The topological polar surface area (TPSA) is 56.5 Å². The summed E-state index contributed by atoms with van der Waals surface area (Å²) >= 11 is 7.02. The van der Waals surface area contributed by atoms with Gasteiger partial charge in [-0.05, 0) is 84.6 Å². The van der Waals surface area contributed by atoms with Crippen molar-refractivity contribution in [3.63, 3.8) is 0 Å². The van der Waals surface area contributed by atoms with Crippen LogP contribution in [0.25, 0.3) is 10.9 Å². The van der Waals surface area contributed by atoms with E-state index in [0.29, 0.717) is 5.39 Å². The molecule has 0 aliphatic heterocycles. The Hall–Kier alpha value is -1.99. The number of rotatable bonds is 5. The molecule has 7 heteroatoms. The van der Waals surface area contributed by atoms with Crippen LogP contribution in [0.4, 0.5) is 0 Å². The Morgan fingerprint density at radius 1 is 1.13 bits per heavy atom. The molecule has 0 N–H and O–H groups in total. The summed E-state index contributed by atoms with van der Waals surface area (Å²) in [6.07, 6.45) is 7.44. The van der Waals surface area contributed by atoms with E-state index in [1.807, 2.05) is 50.2 Å². The van der Waals surface area contributed by atoms with Gasteiger partial charge in [0.25, 0.3) is 5.56 Å². The van der Waals surface area contributed by atoms with Crippen LogP contribution in [0, 0.1) is 0 Å². The summed E-state index contributed by atoms with van der Waals surface area (Å²) in [5.41, 5.74) is 1.46. The molecule has 1 aliphatic carbocycles. The average Bonchev–Trinajstić information content (AvgIpc) is 2.75. The van der Waals surface area contributed by atoms with Crippen molar-refractivity contribution in [2.45, 2.75) is 58.0 Å². The third-order valence-electron chi connectivity index (χ3n) is 5.44. The van der Waals surface area contributed by atoms with Gasteiger partial charge in [-0.25, -0.2) is 4.98 Å². The minimum Gasteiger partial charge on any atom is -0.490 e. The van der Waals surface area contributed by atoms with Gasteiger partial charge < -0.3 is 4.74 Å². The van der Waals surface area contributed by atoms with E-state index in [0.717, 1.165) is 57.3 Å². The summed E-state index contributed by atoms with van der Waals surface area (Å²) in [5, 5.41) is 5.17. The Balaban J connectivity index is 1.77. The van der Waals surface area contributed by atoms with Crippen molar-refractivity contribution in [1.82, 2.24) is 9.66 Å². The van der Waals surface area contributed by atoms with Crippen molar-refractivity contribution in [3.8, 4) is 5.75 Å². The Morgan fingerprint density at radius 2 is 1.90 bits per heavy atom. The molecule has 1 heterocycles. The van der Waals surface area contributed by atoms with Gasteiger partial charge in [-0.3, -0.25) is 4.79 Å². The number of hydrogen-bond donors (Lipinski definition) is 0. The van der Waals surface area contributed by atoms with Gasteiger partial charge in [0.2, 0.25) is 0 Å². The molecule has 4 rings (SSSR count). The number of halogens is 2. The second-order valence-electron chi connectivity index (χ2n) is 8.18. The Kier molecular flexibility index (Phi) is 6.92. The monoisotopic (exact) mass is 545 g/mol. The number of aromatic nitrogens is 2. The number of hydrogen-bond acceptors (Lipinski definition) is 4. The molecule has 2 aromatic carbocycles. The minimum absolute atomic E-state index is 0.0930. The second kappa shape index (κ2) is 9.65. The summed E-state index contributed by atoms with van der Waals surface area (Å²) in [4.78, 5) is 18.2. The summed E-state index contributed by atoms with van der Waals surface area (Å²) in [7, 11) is 0. The van der Waals surface area contributed by atoms with Crippen LogP contribution in [0.2, 0.25) is 0 Å². The van der Waals surface area contributed by atoms with Crippen LogP contribution in [-0.2, 0) is 0 Å². The molecule has 1 saturated carbocycles. The van der Waals surface area contributed by atoms with E-state index >= 15 is 0 Å². The number of benzene rings is 2. The lowest BCUT2D eigenvalue weighted by Gasteiger charge is -2.22. The lowest BCUT2D eigenvalue weighted by Crippen LogP contribution is -2.25. The predicted octanol–water partition coefficient (Wildman–Crippen LogP) is 6.64. The van der Waals surface area contributed by atoms with E-state index in [-0.39, 0.29) is 17.6 Å². The summed E-state index contributed by atoms with van der Waals surface area (Å²) in [6, 6.07) is 11.4. The van der Waals surface area contributed by atoms with Crippen LogP contribution in [0.1, 0.15) is 63.3 Å². The molecule has 0 unspecified atom stereocenters. The fourth-order valence-electron chi connectivity index (χ4n) is 3.97. The molecule has 0 radical (unpaired) electrons. The van der Waals surface area contributed by atoms with E-state index in [2.05, 4.69) is 37.0 Å². The van der Waals surface area contributed by atoms with Gasteiger partial charge in [0.05, 0.1) is 27.7 Å². The molecule has 0 spiro atoms. The van der Waals surface area contributed by atoms with E-state index in [4.69, 9.17) is 9.72 Å². The smallest absolute Gasteiger partial charge is 0.282 e. The molecular weight excluding hydrogens is 522 g/mol. The van der Waals surface area contributed by atoms with Crippen LogP contribution in [-0.4, -0.2) is 22.0 Å². The first kappa shape index (κ1) is 22.2. The first-order valence-corrected chi connectivity index (χ1v) is 12.2. The van der Waals surface area contributed by atoms with Crippen molar-refractivity contribution in [1.29, 1.82) is 0 Å². The van der Waals surface area contributed by atoms with Crippen molar-refractivity contribution in [2.24, 2.45) is 5.10 Å². The van der Waals surface area contributed by atoms with Gasteiger partial charge in [0, 0.05) is 10.4 Å². The molecule has 1 aromatic heterocycles. The van der Waals surface area contributed by atoms with Crippen LogP contribution in [0.5, 0.6) is 5.75 Å². The van der Waals surface area contributed by atoms with Gasteiger partial charge in [-0.1, -0.05) is 35.2 Å². The fraction of sp³-hybridized carbons (Fsp3) is 0.375. The maximum Gasteiger partial charge on any atom is 0.282 e. The molecule has 1 aliphatic rings. The quantitative estimate of drug-likeness (QED) is 0.337. The van der Waals surface area contributed by atoms with Gasteiger partial charge in [0.1, 0.15) is 11.6 Å². The molecule has 1 fully saturated rings. The highest BCUT2D eigenvalue weighted by Crippen LogP contribution is 2.32. The normalized spacial score (nSPS) is 15.3. The van der Waals surface area contributed by atoms with E-state index in [1.54, 1.807) is 6.21 Å². The van der Waals surface area contributed by atoms with Crippen molar-refractivity contribution < 1.29 is 4.74 Å². The fourth-order valence-corrected chi connectivity index (χ4v) is 4.82. The zero-order chi connectivity index (χ0) is 22.0. The van der Waals surface area contributed by atoms with Gasteiger partial charge >= 0.3 is 0 Å². The average molecular weight is 547 g/mol. The second-order valence-corrected chi connectivity index (χ2v) is 9.95. The van der Waals surface area contributed by atoms with Crippen LogP contribution >= 0.6 is 31.9 Å². The van der Waals surface area contributed by atoms with Crippen LogP contribution in [0.15, 0.2) is 55.2 Å². The highest BCUT2D eigenvalue weighted by atomic mass is 79.9. The molecule has 31 heavy (non-hydrogen) atoms. The molecule has 0 atom stereocenters. The first-order chi connectivity index (χ1) is 14.9. The van der Waals surface area contributed by atoms with Gasteiger partial charge in [0.15, 0.2) is 0 Å². The van der Waals surface area contributed by atoms with Crippen LogP contribution in [0.3, 0.4) is 0 Å².